The highest BCUT2D eigenvalue weighted by atomic mass is 35.5. The Kier molecular flexibility index (Phi) is 3.94. The third-order valence-corrected chi connectivity index (χ3v) is 4.12. The van der Waals surface area contributed by atoms with E-state index >= 15 is 0 Å². The molecule has 5 nitrogen and oxygen atoms in total. The van der Waals surface area contributed by atoms with Crippen LogP contribution in [0.15, 0.2) is 30.5 Å². The summed E-state index contributed by atoms with van der Waals surface area (Å²) in [5, 5.41) is 7.55. The molecule has 3 rings (SSSR count). The topological polar surface area (TPSA) is 75.0 Å². The van der Waals surface area contributed by atoms with Crippen molar-refractivity contribution in [1.82, 2.24) is 15.1 Å². The van der Waals surface area contributed by atoms with E-state index in [2.05, 4.69) is 10.2 Å². The number of H-pyrrole nitrogens is 1. The van der Waals surface area contributed by atoms with Crippen LogP contribution in [0.1, 0.15) is 16.8 Å². The molecule has 0 aliphatic carbocycles. The zero-order valence-corrected chi connectivity index (χ0v) is 12.3. The maximum atomic E-state index is 12.6. The first-order valence-electron chi connectivity index (χ1n) is 6.97. The number of nitrogens with two attached hydrogens (primary N) is 1. The first-order chi connectivity index (χ1) is 10.2. The van der Waals surface area contributed by atoms with Crippen molar-refractivity contribution in [2.75, 3.05) is 19.6 Å². The van der Waals surface area contributed by atoms with Crippen LogP contribution < -0.4 is 5.73 Å². The van der Waals surface area contributed by atoms with Gasteiger partial charge in [0.25, 0.3) is 5.91 Å². The zero-order valence-electron chi connectivity index (χ0n) is 11.6. The van der Waals surface area contributed by atoms with E-state index in [9.17, 15) is 4.79 Å². The third-order valence-electron chi connectivity index (χ3n) is 3.89. The van der Waals surface area contributed by atoms with Gasteiger partial charge in [0.1, 0.15) is 0 Å². The number of hydrogen-bond donors (Lipinski definition) is 2. The second-order valence-electron chi connectivity index (χ2n) is 5.31. The summed E-state index contributed by atoms with van der Waals surface area (Å²) in [6, 6.07) is 7.38. The molecule has 1 aliphatic rings. The van der Waals surface area contributed by atoms with Crippen molar-refractivity contribution >= 4 is 17.5 Å². The number of hydrogen-bond acceptors (Lipinski definition) is 3. The molecule has 1 saturated heterocycles. The van der Waals surface area contributed by atoms with Gasteiger partial charge in [-0.05, 0) is 31.0 Å². The van der Waals surface area contributed by atoms with Crippen molar-refractivity contribution in [3.05, 3.63) is 41.0 Å². The van der Waals surface area contributed by atoms with Crippen LogP contribution >= 0.6 is 11.6 Å². The van der Waals surface area contributed by atoms with E-state index in [4.69, 9.17) is 17.3 Å². The summed E-state index contributed by atoms with van der Waals surface area (Å²) in [7, 11) is 0. The molecule has 21 heavy (non-hydrogen) atoms. The van der Waals surface area contributed by atoms with Crippen molar-refractivity contribution in [3.8, 4) is 11.3 Å². The number of carbonyl (C=O) groups is 1. The Balaban J connectivity index is 1.87. The number of carbonyl (C=O) groups excluding carboxylic acids is 1. The highest BCUT2D eigenvalue weighted by Crippen LogP contribution is 2.26. The van der Waals surface area contributed by atoms with Crippen molar-refractivity contribution in [2.24, 2.45) is 11.7 Å². The SMILES string of the molecule is NC[C@@H]1CCN(C(=O)c2cn[nH]c2-c2cccc(Cl)c2)C1. The molecule has 1 atom stereocenters. The summed E-state index contributed by atoms with van der Waals surface area (Å²) in [4.78, 5) is 14.5. The number of halogens is 1. The van der Waals surface area contributed by atoms with Crippen LogP contribution in [0, 0.1) is 5.92 Å². The largest absolute Gasteiger partial charge is 0.338 e. The fourth-order valence-corrected chi connectivity index (χ4v) is 2.88. The van der Waals surface area contributed by atoms with Crippen molar-refractivity contribution in [2.45, 2.75) is 6.42 Å². The molecular weight excluding hydrogens is 288 g/mol. The standard InChI is InChI=1S/C15H17ClN4O/c16-12-3-1-2-11(6-12)14-13(8-18-19-14)15(21)20-5-4-10(7-17)9-20/h1-3,6,8,10H,4-5,7,9,17H2,(H,18,19)/t10-/m0/s1. The van der Waals surface area contributed by atoms with Crippen LogP contribution in [0.3, 0.4) is 0 Å². The lowest BCUT2D eigenvalue weighted by Gasteiger charge is -2.16. The second-order valence-corrected chi connectivity index (χ2v) is 5.75. The summed E-state index contributed by atoms with van der Waals surface area (Å²) in [6.07, 6.45) is 2.54. The number of benzene rings is 1. The van der Waals surface area contributed by atoms with E-state index in [0.29, 0.717) is 28.7 Å². The molecule has 1 aromatic carbocycles. The molecule has 0 bridgehead atoms. The van der Waals surface area contributed by atoms with Gasteiger partial charge >= 0.3 is 0 Å². The summed E-state index contributed by atoms with van der Waals surface area (Å²) in [5.74, 6) is 0.394. The number of amides is 1. The second kappa shape index (κ2) is 5.87. The quantitative estimate of drug-likeness (QED) is 0.912. The predicted molar refractivity (Wildman–Crippen MR) is 82.1 cm³/mol. The minimum Gasteiger partial charge on any atom is -0.338 e. The Bertz CT molecular complexity index is 655. The van der Waals surface area contributed by atoms with Crippen LogP contribution in [0.5, 0.6) is 0 Å². The van der Waals surface area contributed by atoms with E-state index in [1.165, 1.54) is 0 Å². The summed E-state index contributed by atoms with van der Waals surface area (Å²) < 4.78 is 0. The average molecular weight is 305 g/mol. The highest BCUT2D eigenvalue weighted by Gasteiger charge is 2.28. The Morgan fingerprint density at radius 2 is 2.38 bits per heavy atom. The average Bonchev–Trinajstić information content (AvgIpc) is 3.15. The van der Waals surface area contributed by atoms with Crippen LogP contribution in [0.2, 0.25) is 5.02 Å². The molecule has 2 heterocycles. The predicted octanol–water partition coefficient (Wildman–Crippen LogP) is 2.15. The summed E-state index contributed by atoms with van der Waals surface area (Å²) in [5.41, 5.74) is 7.83. The molecule has 3 N–H and O–H groups in total. The molecule has 1 aromatic heterocycles. The van der Waals surface area contributed by atoms with E-state index in [-0.39, 0.29) is 5.91 Å². The fraction of sp³-hybridized carbons (Fsp3) is 0.333. The first-order valence-corrected chi connectivity index (χ1v) is 7.35. The number of nitrogens with one attached hydrogen (secondary N) is 1. The van der Waals surface area contributed by atoms with Gasteiger partial charge in [0.2, 0.25) is 0 Å². The van der Waals surface area contributed by atoms with Gasteiger partial charge in [-0.3, -0.25) is 9.89 Å². The first kappa shape index (κ1) is 14.1. The van der Waals surface area contributed by atoms with Gasteiger partial charge in [0.05, 0.1) is 17.5 Å². The van der Waals surface area contributed by atoms with Gasteiger partial charge in [-0.2, -0.15) is 5.10 Å². The normalized spacial score (nSPS) is 18.2. The van der Waals surface area contributed by atoms with Crippen molar-refractivity contribution in [1.29, 1.82) is 0 Å². The Labute approximate surface area is 128 Å². The van der Waals surface area contributed by atoms with Crippen molar-refractivity contribution < 1.29 is 4.79 Å². The maximum absolute atomic E-state index is 12.6. The van der Waals surface area contributed by atoms with E-state index < -0.39 is 0 Å². The Morgan fingerprint density at radius 1 is 1.52 bits per heavy atom. The van der Waals surface area contributed by atoms with Gasteiger partial charge < -0.3 is 10.6 Å². The molecule has 0 radical (unpaired) electrons. The lowest BCUT2D eigenvalue weighted by molar-refractivity contribution is 0.0788. The van der Waals surface area contributed by atoms with E-state index in [0.717, 1.165) is 25.1 Å². The minimum absolute atomic E-state index is 0.00493. The van der Waals surface area contributed by atoms with Gasteiger partial charge in [-0.1, -0.05) is 23.7 Å². The zero-order chi connectivity index (χ0) is 14.8. The van der Waals surface area contributed by atoms with Crippen LogP contribution in [-0.2, 0) is 0 Å². The molecule has 0 unspecified atom stereocenters. The number of likely N-dealkylation sites (tertiary alicyclic amines) is 1. The molecule has 0 spiro atoms. The Morgan fingerprint density at radius 3 is 3.10 bits per heavy atom. The maximum Gasteiger partial charge on any atom is 0.257 e. The van der Waals surface area contributed by atoms with Gasteiger partial charge in [-0.25, -0.2) is 0 Å². The molecule has 1 fully saturated rings. The molecule has 1 aliphatic heterocycles. The summed E-state index contributed by atoms with van der Waals surface area (Å²) >= 11 is 6.02. The number of nitrogens with zero attached hydrogens (tertiary/aromatic N) is 2. The molecule has 6 heteroatoms. The lowest BCUT2D eigenvalue weighted by Crippen LogP contribution is -2.30. The third kappa shape index (κ3) is 2.80. The molecule has 110 valence electrons. The number of aromatic nitrogens is 2. The van der Waals surface area contributed by atoms with E-state index in [1.54, 1.807) is 12.3 Å². The van der Waals surface area contributed by atoms with Gasteiger partial charge in [-0.15, -0.1) is 0 Å². The highest BCUT2D eigenvalue weighted by molar-refractivity contribution is 6.30. The molecular formula is C15H17ClN4O. The van der Waals surface area contributed by atoms with Crippen LogP contribution in [0.25, 0.3) is 11.3 Å². The smallest absolute Gasteiger partial charge is 0.257 e. The molecule has 1 amide bonds. The molecule has 2 aromatic rings. The number of rotatable bonds is 3. The fourth-order valence-electron chi connectivity index (χ4n) is 2.69. The van der Waals surface area contributed by atoms with Gasteiger partial charge in [0.15, 0.2) is 0 Å². The van der Waals surface area contributed by atoms with Gasteiger partial charge in [0, 0.05) is 23.7 Å². The molecule has 0 saturated carbocycles. The minimum atomic E-state index is -0.00493. The Hall–Kier alpha value is -1.85. The van der Waals surface area contributed by atoms with Crippen molar-refractivity contribution in [3.63, 3.8) is 0 Å². The van der Waals surface area contributed by atoms with E-state index in [1.807, 2.05) is 23.1 Å². The number of aromatic amines is 1. The summed E-state index contributed by atoms with van der Waals surface area (Å²) in [6.45, 7) is 2.09. The lowest BCUT2D eigenvalue weighted by atomic mass is 10.1. The monoisotopic (exact) mass is 304 g/mol. The van der Waals surface area contributed by atoms with Crippen LogP contribution in [0.4, 0.5) is 0 Å². The van der Waals surface area contributed by atoms with Crippen LogP contribution in [-0.4, -0.2) is 40.6 Å².